The Morgan fingerprint density at radius 2 is 2.26 bits per heavy atom. The second-order valence-electron chi connectivity index (χ2n) is 5.63. The van der Waals surface area contributed by atoms with Gasteiger partial charge in [-0.25, -0.2) is 0 Å². The first-order valence-electron chi connectivity index (χ1n) is 7.37. The van der Waals surface area contributed by atoms with E-state index in [0.29, 0.717) is 0 Å². The first-order valence-corrected chi connectivity index (χ1v) is 8.25. The lowest BCUT2D eigenvalue weighted by molar-refractivity contribution is 0.0999. The van der Waals surface area contributed by atoms with Crippen molar-refractivity contribution in [2.75, 3.05) is 32.7 Å². The summed E-state index contributed by atoms with van der Waals surface area (Å²) in [6.45, 7) is 7.23. The van der Waals surface area contributed by atoms with E-state index < -0.39 is 0 Å². The van der Waals surface area contributed by atoms with Gasteiger partial charge < -0.3 is 15.3 Å². The van der Waals surface area contributed by atoms with Gasteiger partial charge in [0, 0.05) is 11.4 Å². The molecule has 0 amide bonds. The third kappa shape index (κ3) is 5.61. The molecule has 1 saturated heterocycles. The van der Waals surface area contributed by atoms with Crippen molar-refractivity contribution in [3.63, 3.8) is 0 Å². The highest BCUT2D eigenvalue weighted by molar-refractivity contribution is 7.09. The summed E-state index contributed by atoms with van der Waals surface area (Å²) in [5, 5.41) is 15.1. The molecular formula is C15H26N2OS. The fourth-order valence-electron chi connectivity index (χ4n) is 2.72. The molecule has 0 radical (unpaired) electrons. The molecule has 2 heterocycles. The Morgan fingerprint density at radius 1 is 1.47 bits per heavy atom. The number of nitrogens with zero attached hydrogens (tertiary/aromatic N) is 1. The second kappa shape index (κ2) is 8.00. The summed E-state index contributed by atoms with van der Waals surface area (Å²) in [6, 6.07) is 4.33. The lowest BCUT2D eigenvalue weighted by Gasteiger charge is -2.32. The minimum atomic E-state index is -0.194. The smallest absolute Gasteiger partial charge is 0.0639 e. The number of hydrogen-bond donors (Lipinski definition) is 2. The van der Waals surface area contributed by atoms with Gasteiger partial charge in [0.05, 0.1) is 6.10 Å². The number of likely N-dealkylation sites (tertiary alicyclic amines) is 1. The molecule has 1 aromatic rings. The van der Waals surface area contributed by atoms with Crippen LogP contribution in [0.25, 0.3) is 0 Å². The summed E-state index contributed by atoms with van der Waals surface area (Å²) >= 11 is 1.84. The minimum Gasteiger partial charge on any atom is -0.392 e. The van der Waals surface area contributed by atoms with Crippen molar-refractivity contribution >= 4 is 11.3 Å². The molecule has 108 valence electrons. The number of piperidine rings is 1. The van der Waals surface area contributed by atoms with Crippen LogP contribution >= 0.6 is 11.3 Å². The van der Waals surface area contributed by atoms with Gasteiger partial charge in [0.15, 0.2) is 0 Å². The maximum atomic E-state index is 9.38. The zero-order valence-electron chi connectivity index (χ0n) is 11.8. The van der Waals surface area contributed by atoms with Crippen LogP contribution in [0.2, 0.25) is 0 Å². The number of nitrogens with one attached hydrogen (secondary N) is 1. The first-order chi connectivity index (χ1) is 9.24. The summed E-state index contributed by atoms with van der Waals surface area (Å²) in [6.07, 6.45) is 3.48. The van der Waals surface area contributed by atoms with E-state index in [-0.39, 0.29) is 6.10 Å². The summed E-state index contributed by atoms with van der Waals surface area (Å²) in [5.74, 6) is 0.814. The standard InChI is InChI=1S/C15H26N2OS/c1-13(18)12-17-8-5-14(6-9-17)11-16-7-4-15-3-2-10-19-15/h2-3,10,13-14,16,18H,4-9,11-12H2,1H3/t13-/m0/s1. The topological polar surface area (TPSA) is 35.5 Å². The highest BCUT2D eigenvalue weighted by atomic mass is 32.1. The van der Waals surface area contributed by atoms with Gasteiger partial charge in [-0.15, -0.1) is 11.3 Å². The summed E-state index contributed by atoms with van der Waals surface area (Å²) in [7, 11) is 0. The predicted molar refractivity (Wildman–Crippen MR) is 81.7 cm³/mol. The van der Waals surface area contributed by atoms with Crippen LogP contribution in [0.3, 0.4) is 0 Å². The Balaban J connectivity index is 1.53. The zero-order chi connectivity index (χ0) is 13.5. The molecule has 0 aromatic carbocycles. The Hall–Kier alpha value is -0.420. The minimum absolute atomic E-state index is 0.194. The largest absolute Gasteiger partial charge is 0.392 e. The highest BCUT2D eigenvalue weighted by Gasteiger charge is 2.19. The van der Waals surface area contributed by atoms with Crippen LogP contribution in [-0.2, 0) is 6.42 Å². The molecule has 1 aromatic heterocycles. The number of thiophene rings is 1. The maximum Gasteiger partial charge on any atom is 0.0639 e. The van der Waals surface area contributed by atoms with Crippen LogP contribution in [0.5, 0.6) is 0 Å². The van der Waals surface area contributed by atoms with E-state index in [9.17, 15) is 5.11 Å². The number of rotatable bonds is 7. The van der Waals surface area contributed by atoms with Crippen molar-refractivity contribution < 1.29 is 5.11 Å². The van der Waals surface area contributed by atoms with Gasteiger partial charge in [-0.2, -0.15) is 0 Å². The lowest BCUT2D eigenvalue weighted by atomic mass is 9.96. The Bertz CT molecular complexity index is 332. The van der Waals surface area contributed by atoms with E-state index in [2.05, 4.69) is 27.7 Å². The number of β-amino-alcohol motifs (C(OH)–C–C–N with tert-alkyl or cyclic N) is 1. The molecule has 3 nitrogen and oxygen atoms in total. The average molecular weight is 282 g/mol. The van der Waals surface area contributed by atoms with Gasteiger partial charge >= 0.3 is 0 Å². The molecule has 0 unspecified atom stereocenters. The molecule has 1 atom stereocenters. The molecule has 0 aliphatic carbocycles. The highest BCUT2D eigenvalue weighted by Crippen LogP contribution is 2.16. The second-order valence-corrected chi connectivity index (χ2v) is 6.66. The molecule has 0 saturated carbocycles. The Kier molecular flexibility index (Phi) is 6.31. The molecule has 1 aliphatic rings. The average Bonchev–Trinajstić information content (AvgIpc) is 2.89. The van der Waals surface area contributed by atoms with E-state index in [4.69, 9.17) is 0 Å². The van der Waals surface area contributed by atoms with Gasteiger partial charge in [-0.1, -0.05) is 6.07 Å². The first kappa shape index (κ1) is 15.0. The lowest BCUT2D eigenvalue weighted by Crippen LogP contribution is -2.40. The summed E-state index contributed by atoms with van der Waals surface area (Å²) in [4.78, 5) is 3.85. The Morgan fingerprint density at radius 3 is 2.89 bits per heavy atom. The fourth-order valence-corrected chi connectivity index (χ4v) is 3.43. The normalized spacial score (nSPS) is 19.7. The quantitative estimate of drug-likeness (QED) is 0.751. The number of aliphatic hydroxyl groups excluding tert-OH is 1. The van der Waals surface area contributed by atoms with E-state index >= 15 is 0 Å². The zero-order valence-corrected chi connectivity index (χ0v) is 12.7. The van der Waals surface area contributed by atoms with Crippen molar-refractivity contribution in [3.8, 4) is 0 Å². The van der Waals surface area contributed by atoms with Crippen molar-refractivity contribution in [1.82, 2.24) is 10.2 Å². The summed E-state index contributed by atoms with van der Waals surface area (Å²) in [5.41, 5.74) is 0. The molecule has 0 spiro atoms. The third-order valence-corrected chi connectivity index (χ3v) is 4.73. The number of hydrogen-bond acceptors (Lipinski definition) is 4. The van der Waals surface area contributed by atoms with Crippen LogP contribution in [-0.4, -0.2) is 48.8 Å². The molecule has 1 fully saturated rings. The van der Waals surface area contributed by atoms with Gasteiger partial charge in [0.2, 0.25) is 0 Å². The molecular weight excluding hydrogens is 256 g/mol. The van der Waals surface area contributed by atoms with E-state index in [1.165, 1.54) is 17.7 Å². The third-order valence-electron chi connectivity index (χ3n) is 3.79. The number of aliphatic hydroxyl groups is 1. The van der Waals surface area contributed by atoms with Crippen LogP contribution in [0.1, 0.15) is 24.6 Å². The van der Waals surface area contributed by atoms with Gasteiger partial charge in [-0.3, -0.25) is 0 Å². The SMILES string of the molecule is C[C@H](O)CN1CCC(CNCCc2cccs2)CC1. The van der Waals surface area contributed by atoms with Crippen LogP contribution < -0.4 is 5.32 Å². The van der Waals surface area contributed by atoms with Crippen LogP contribution in [0.15, 0.2) is 17.5 Å². The van der Waals surface area contributed by atoms with Crippen LogP contribution in [0.4, 0.5) is 0 Å². The molecule has 1 aliphatic heterocycles. The molecule has 4 heteroatoms. The Labute approximate surface area is 120 Å². The van der Waals surface area contributed by atoms with Crippen molar-refractivity contribution in [2.45, 2.75) is 32.3 Å². The molecule has 2 N–H and O–H groups in total. The molecule has 19 heavy (non-hydrogen) atoms. The van der Waals surface area contributed by atoms with Gasteiger partial charge in [-0.05, 0) is 69.7 Å². The predicted octanol–water partition coefficient (Wildman–Crippen LogP) is 1.97. The molecule has 2 rings (SSSR count). The monoisotopic (exact) mass is 282 g/mol. The van der Waals surface area contributed by atoms with E-state index in [1.54, 1.807) is 0 Å². The maximum absolute atomic E-state index is 9.38. The van der Waals surface area contributed by atoms with Crippen LogP contribution in [0, 0.1) is 5.92 Å². The fraction of sp³-hybridized carbons (Fsp3) is 0.733. The molecule has 0 bridgehead atoms. The van der Waals surface area contributed by atoms with E-state index in [0.717, 1.165) is 45.1 Å². The van der Waals surface area contributed by atoms with E-state index in [1.807, 2.05) is 18.3 Å². The summed E-state index contributed by atoms with van der Waals surface area (Å²) < 4.78 is 0. The van der Waals surface area contributed by atoms with Crippen molar-refractivity contribution in [1.29, 1.82) is 0 Å². The van der Waals surface area contributed by atoms with Gasteiger partial charge in [0.1, 0.15) is 0 Å². The van der Waals surface area contributed by atoms with Gasteiger partial charge in [0.25, 0.3) is 0 Å². The van der Waals surface area contributed by atoms with Crippen molar-refractivity contribution in [3.05, 3.63) is 22.4 Å². The van der Waals surface area contributed by atoms with Crippen molar-refractivity contribution in [2.24, 2.45) is 5.92 Å².